The number of likely N-dealkylation sites (tertiary alicyclic amines) is 1. The number of nitrogens with zero attached hydrogens (tertiary/aromatic N) is 3. The van der Waals surface area contributed by atoms with Gasteiger partial charge in [-0.3, -0.25) is 43.2 Å². The number of hydrogen-bond donors (Lipinski definition) is 7. The normalized spacial score (nSPS) is 13.1. The molecular formula is C104H159ClN8O14. The Hall–Kier alpha value is -9.96. The van der Waals surface area contributed by atoms with Crippen molar-refractivity contribution in [2.24, 2.45) is 71.0 Å². The van der Waals surface area contributed by atoms with Gasteiger partial charge in [0, 0.05) is 127 Å². The van der Waals surface area contributed by atoms with Gasteiger partial charge in [0.05, 0.1) is 33.7 Å². The maximum absolute atomic E-state index is 12.8. The van der Waals surface area contributed by atoms with Gasteiger partial charge < -0.3 is 65.7 Å². The molecule has 0 saturated carbocycles. The van der Waals surface area contributed by atoms with Gasteiger partial charge >= 0.3 is 11.9 Å². The highest BCUT2D eigenvalue weighted by atomic mass is 35.5. The molecule has 2 heterocycles. The number of aryl methyl sites for hydroxylation is 3. The summed E-state index contributed by atoms with van der Waals surface area (Å²) in [5.74, 6) is 4.01. The second-order valence-electron chi connectivity index (χ2n) is 36.5. The molecule has 8 rings (SSSR count). The van der Waals surface area contributed by atoms with Crippen molar-refractivity contribution in [2.75, 3.05) is 88.0 Å². The highest BCUT2D eigenvalue weighted by molar-refractivity contribution is 6.31. The number of piperidine rings is 1. The molecule has 0 spiro atoms. The van der Waals surface area contributed by atoms with Crippen LogP contribution in [-0.4, -0.2) is 146 Å². The lowest BCUT2D eigenvalue weighted by molar-refractivity contribution is -0.144. The van der Waals surface area contributed by atoms with Crippen molar-refractivity contribution >= 4 is 87.6 Å². The summed E-state index contributed by atoms with van der Waals surface area (Å²) in [5.41, 5.74) is 9.48. The van der Waals surface area contributed by atoms with Crippen LogP contribution in [0.4, 0.5) is 22.7 Å². The Morgan fingerprint density at radius 2 is 1.03 bits per heavy atom. The zero-order valence-corrected chi connectivity index (χ0v) is 82.5. The molecule has 23 heteroatoms. The highest BCUT2D eigenvalue weighted by Gasteiger charge is 2.33. The second-order valence-corrected chi connectivity index (χ2v) is 36.9. The number of carboxylic acid groups (broad SMARTS) is 2. The topological polar surface area (TPSA) is 292 Å². The first-order chi connectivity index (χ1) is 59.9. The summed E-state index contributed by atoms with van der Waals surface area (Å²) in [6.45, 7) is 53.1. The van der Waals surface area contributed by atoms with E-state index < -0.39 is 17.9 Å². The Morgan fingerprint density at radius 3 is 1.50 bits per heavy atom. The number of rotatable bonds is 35. The van der Waals surface area contributed by atoms with Crippen LogP contribution in [0.2, 0.25) is 5.02 Å². The van der Waals surface area contributed by atoms with Gasteiger partial charge in [0.25, 0.3) is 11.8 Å². The van der Waals surface area contributed by atoms with Gasteiger partial charge in [0.1, 0.15) is 5.75 Å². The molecule has 127 heavy (non-hydrogen) atoms. The number of methoxy groups -OCH3 is 3. The SMILES string of the molecule is CC(C)C(CCC(=O)N1CCCCC1)C(=O)O.CC(C)CCNC(=O)c1ccccc1.CC(C)NC(=O)c1ccc(NC(=O)C(C)C)cc1.CCc1cccc(CC)c1NC(=O)C(CC(C)C)C(C)C.COc1ccc(N2CCN(C(=O)C(C(C)C)C(C)C)CC2)cc1.COc1ccc(NC(=O)CCC(C)C)cc1OC.Cc1ccc(C(CC(=O)O)C(C)C)c(Cl)c1. The van der Waals surface area contributed by atoms with Gasteiger partial charge in [0.2, 0.25) is 29.5 Å². The molecule has 7 amide bonds. The summed E-state index contributed by atoms with van der Waals surface area (Å²) in [4.78, 5) is 112. The summed E-state index contributed by atoms with van der Waals surface area (Å²) in [6.07, 6.45) is 9.60. The smallest absolute Gasteiger partial charge is 0.306 e. The number of ether oxygens (including phenoxy) is 3. The number of para-hydroxylation sites is 1. The van der Waals surface area contributed by atoms with Crippen LogP contribution < -0.4 is 45.7 Å². The number of amides is 7. The Labute approximate surface area is 767 Å². The van der Waals surface area contributed by atoms with Gasteiger partial charge in [-0.25, -0.2) is 0 Å². The lowest BCUT2D eigenvalue weighted by Gasteiger charge is -2.39. The minimum atomic E-state index is -0.786. The number of halogens is 1. The van der Waals surface area contributed by atoms with E-state index in [1.165, 1.54) is 23.2 Å². The Kier molecular flexibility index (Phi) is 54.1. The van der Waals surface area contributed by atoms with Crippen LogP contribution in [0.25, 0.3) is 0 Å². The molecule has 3 unspecified atom stereocenters. The van der Waals surface area contributed by atoms with Crippen LogP contribution in [0.5, 0.6) is 17.2 Å². The number of hydrogen-bond acceptors (Lipinski definition) is 13. The molecule has 2 aliphatic heterocycles. The van der Waals surface area contributed by atoms with Crippen LogP contribution in [0.1, 0.15) is 265 Å². The number of anilines is 4. The molecule has 2 saturated heterocycles. The average Bonchev–Trinajstić information content (AvgIpc) is 0.839. The van der Waals surface area contributed by atoms with Gasteiger partial charge in [-0.05, 0) is 233 Å². The van der Waals surface area contributed by atoms with E-state index >= 15 is 0 Å². The number of aliphatic carboxylic acids is 2. The summed E-state index contributed by atoms with van der Waals surface area (Å²) in [7, 11) is 4.83. The highest BCUT2D eigenvalue weighted by Crippen LogP contribution is 2.35. The molecule has 6 aromatic carbocycles. The lowest BCUT2D eigenvalue weighted by atomic mass is 9.84. The lowest BCUT2D eigenvalue weighted by Crippen LogP contribution is -2.51. The van der Waals surface area contributed by atoms with Crippen molar-refractivity contribution < 1.29 is 67.6 Å². The largest absolute Gasteiger partial charge is 0.497 e. The van der Waals surface area contributed by atoms with Crippen LogP contribution in [0.15, 0.2) is 133 Å². The van der Waals surface area contributed by atoms with E-state index in [9.17, 15) is 43.2 Å². The number of carbonyl (C=O) groups excluding carboxylic acids is 7. The van der Waals surface area contributed by atoms with Crippen LogP contribution in [0.3, 0.4) is 0 Å². The fourth-order valence-corrected chi connectivity index (χ4v) is 14.9. The van der Waals surface area contributed by atoms with E-state index in [0.717, 1.165) is 125 Å². The van der Waals surface area contributed by atoms with Crippen LogP contribution in [0, 0.1) is 77.9 Å². The van der Waals surface area contributed by atoms with Crippen molar-refractivity contribution in [3.05, 3.63) is 172 Å². The van der Waals surface area contributed by atoms with Gasteiger partial charge in [-0.15, -0.1) is 0 Å². The summed E-state index contributed by atoms with van der Waals surface area (Å²) in [5, 5.41) is 33.2. The quantitative estimate of drug-likeness (QED) is 0.0195. The first-order valence-electron chi connectivity index (χ1n) is 46.1. The van der Waals surface area contributed by atoms with Gasteiger partial charge in [-0.2, -0.15) is 0 Å². The van der Waals surface area contributed by atoms with E-state index in [-0.39, 0.29) is 83.4 Å². The molecular weight excluding hydrogens is 1620 g/mol. The summed E-state index contributed by atoms with van der Waals surface area (Å²) in [6, 6.07) is 41.9. The molecule has 0 aliphatic carbocycles. The van der Waals surface area contributed by atoms with Crippen molar-refractivity contribution in [1.82, 2.24) is 20.4 Å². The average molecular weight is 1780 g/mol. The van der Waals surface area contributed by atoms with E-state index in [4.69, 9.17) is 36.0 Å². The number of nitrogens with one attached hydrogen (secondary N) is 5. The minimum absolute atomic E-state index is 0.0197. The molecule has 6 aromatic rings. The molecule has 706 valence electrons. The van der Waals surface area contributed by atoms with Crippen molar-refractivity contribution in [3.8, 4) is 17.2 Å². The first-order valence-corrected chi connectivity index (χ1v) is 46.5. The third-order valence-corrected chi connectivity index (χ3v) is 22.5. The van der Waals surface area contributed by atoms with E-state index in [0.29, 0.717) is 88.4 Å². The third-order valence-electron chi connectivity index (χ3n) is 22.1. The molecule has 2 aliphatic rings. The molecule has 0 aromatic heterocycles. The maximum atomic E-state index is 12.8. The molecule has 3 atom stereocenters. The predicted octanol–water partition coefficient (Wildman–Crippen LogP) is 22.3. The summed E-state index contributed by atoms with van der Waals surface area (Å²) < 4.78 is 15.5. The number of benzene rings is 6. The maximum Gasteiger partial charge on any atom is 0.306 e. The molecule has 0 bridgehead atoms. The van der Waals surface area contributed by atoms with Crippen LogP contribution in [-0.2, 0) is 46.4 Å². The zero-order valence-electron chi connectivity index (χ0n) is 81.7. The van der Waals surface area contributed by atoms with E-state index in [2.05, 4.69) is 159 Å². The number of carboxylic acids is 2. The first kappa shape index (κ1) is 113. The van der Waals surface area contributed by atoms with Crippen molar-refractivity contribution in [2.45, 2.75) is 248 Å². The Balaban J connectivity index is 0.000000504. The molecule has 0 radical (unpaired) electrons. The van der Waals surface area contributed by atoms with E-state index in [1.54, 1.807) is 63.8 Å². The van der Waals surface area contributed by atoms with Gasteiger partial charge in [0.15, 0.2) is 11.5 Å². The monoisotopic (exact) mass is 1780 g/mol. The molecule has 7 N–H and O–H groups in total. The fourth-order valence-electron chi connectivity index (χ4n) is 14.5. The number of piperazine rings is 1. The van der Waals surface area contributed by atoms with Crippen LogP contribution >= 0.6 is 11.6 Å². The number of carbonyl (C=O) groups is 9. The Morgan fingerprint density at radius 1 is 0.480 bits per heavy atom. The zero-order chi connectivity index (χ0) is 95.7. The van der Waals surface area contributed by atoms with Crippen molar-refractivity contribution in [1.29, 1.82) is 0 Å². The fraction of sp³-hybridized carbons (Fsp3) is 0.567. The third kappa shape index (κ3) is 43.6. The Bertz CT molecular complexity index is 4200. The molecule has 2 fully saturated rings. The standard InChI is InChI=1S/C19H30N2O2.C19H31NO.C14H20N2O2.C14H21NO3.C13H17ClO2.C13H23NO3.C12H17NO/c1-14(2)18(15(3)4)19(22)21-12-10-20(11-13-21)16-6-8-17(23-5)9-7-16;1-7-15-10-9-11-16(8-2)18(15)20-19(21)17(14(5)6)12-13(3)4;1-9(2)13(17)16-12-7-5-11(6-8-12)14(18)15-10(3)4;1-10(2)5-8-14(16)15-11-6-7-12(17-3)13(9-11)18-4;1-8(2)11(7-13(15)16)10-5-4-9(3)6-12(10)14;1-10(2)11(13(16)17)6-7-12(15)14-8-4-3-5-9-14;1-10(2)8-9-13-12(14)11-6-4-3-5-7-11/h6-9,14-15,18H,10-13H2,1-5H3;9-11,13-14,17H,7-8,12H2,1-6H3,(H,20,21);5-10H,1-4H3,(H,15,18)(H,16,17);6-7,9-10H,5,8H2,1-4H3,(H,15,16);4-6,8,11H,7H2,1-3H3,(H,15,16);10-11H,3-9H2,1-2H3,(H,16,17);3-7,10H,8-9H2,1-2H3,(H,13,14). The van der Waals surface area contributed by atoms with Crippen molar-refractivity contribution in [3.63, 3.8) is 0 Å². The predicted molar refractivity (Wildman–Crippen MR) is 521 cm³/mol. The van der Waals surface area contributed by atoms with Gasteiger partial charge in [-0.1, -0.05) is 199 Å². The van der Waals surface area contributed by atoms with E-state index in [1.807, 2.05) is 133 Å². The second kappa shape index (κ2) is 60.7. The molecule has 22 nitrogen and oxygen atoms in total. The summed E-state index contributed by atoms with van der Waals surface area (Å²) >= 11 is 6.16. The minimum Gasteiger partial charge on any atom is -0.497 e.